The molecule has 1 aliphatic carbocycles. The number of piperidine rings is 1. The van der Waals surface area contributed by atoms with Crippen LogP contribution in [-0.2, 0) is 12.8 Å². The van der Waals surface area contributed by atoms with Crippen LogP contribution in [-0.4, -0.2) is 43.4 Å². The third kappa shape index (κ3) is 4.13. The van der Waals surface area contributed by atoms with E-state index in [9.17, 15) is 4.79 Å². The molecule has 39 heavy (non-hydrogen) atoms. The van der Waals surface area contributed by atoms with Crippen molar-refractivity contribution in [1.29, 1.82) is 0 Å². The second kappa shape index (κ2) is 9.62. The highest BCUT2D eigenvalue weighted by molar-refractivity contribution is 5.95. The van der Waals surface area contributed by atoms with E-state index >= 15 is 0 Å². The molecule has 5 aromatic rings. The van der Waals surface area contributed by atoms with Crippen molar-refractivity contribution < 1.29 is 4.79 Å². The molecule has 6 heteroatoms. The third-order valence-electron chi connectivity index (χ3n) is 8.08. The molecule has 192 valence electrons. The van der Waals surface area contributed by atoms with Gasteiger partial charge in [0.05, 0.1) is 17.4 Å². The van der Waals surface area contributed by atoms with Crippen LogP contribution < -0.4 is 0 Å². The van der Waals surface area contributed by atoms with Gasteiger partial charge in [0.2, 0.25) is 0 Å². The number of carbonyl (C=O) groups excluding carboxylic acids is 1. The van der Waals surface area contributed by atoms with Gasteiger partial charge in [-0.15, -0.1) is 0 Å². The minimum Gasteiger partial charge on any atom is -0.338 e. The molecular weight excluding hydrogens is 482 g/mol. The molecule has 4 heterocycles. The number of hydrogen-bond donors (Lipinski definition) is 0. The summed E-state index contributed by atoms with van der Waals surface area (Å²) < 4.78 is 2.10. The first-order chi connectivity index (χ1) is 19.2. The molecular formula is C33H29N5O. The highest BCUT2D eigenvalue weighted by Gasteiger charge is 2.26. The lowest BCUT2D eigenvalue weighted by Crippen LogP contribution is -2.36. The molecule has 0 unspecified atom stereocenters. The van der Waals surface area contributed by atoms with Crippen molar-refractivity contribution in [2.75, 3.05) is 13.1 Å². The van der Waals surface area contributed by atoms with Gasteiger partial charge in [-0.3, -0.25) is 19.3 Å². The summed E-state index contributed by atoms with van der Waals surface area (Å²) in [6.07, 6.45) is 9.20. The minimum absolute atomic E-state index is 0.0850. The van der Waals surface area contributed by atoms with E-state index in [0.29, 0.717) is 18.7 Å². The van der Waals surface area contributed by atoms with Crippen LogP contribution >= 0.6 is 0 Å². The summed E-state index contributed by atoms with van der Waals surface area (Å²) in [5, 5.41) is 0. The molecule has 2 aliphatic rings. The summed E-state index contributed by atoms with van der Waals surface area (Å²) in [6.45, 7) is 3.41. The fourth-order valence-electron chi connectivity index (χ4n) is 6.15. The summed E-state index contributed by atoms with van der Waals surface area (Å²) in [6, 6.07) is 22.8. The number of aryl methyl sites for hydroxylation is 3. The van der Waals surface area contributed by atoms with Gasteiger partial charge >= 0.3 is 0 Å². The number of aromatic nitrogens is 4. The second-order valence-electron chi connectivity index (χ2n) is 10.3. The van der Waals surface area contributed by atoms with Crippen LogP contribution in [0.3, 0.4) is 0 Å². The average molecular weight is 512 g/mol. The van der Waals surface area contributed by atoms with E-state index in [2.05, 4.69) is 44.9 Å². The lowest BCUT2D eigenvalue weighted by Gasteiger charge is -2.30. The zero-order valence-corrected chi connectivity index (χ0v) is 22.0. The molecule has 0 spiro atoms. The highest BCUT2D eigenvalue weighted by atomic mass is 16.2. The van der Waals surface area contributed by atoms with E-state index in [1.807, 2.05) is 54.4 Å². The highest BCUT2D eigenvalue weighted by Crippen LogP contribution is 2.37. The molecule has 0 radical (unpaired) electrons. The number of amides is 1. The lowest BCUT2D eigenvalue weighted by atomic mass is 9.88. The quantitative estimate of drug-likeness (QED) is 0.293. The molecule has 1 aliphatic heterocycles. The van der Waals surface area contributed by atoms with Crippen molar-refractivity contribution in [2.45, 2.75) is 32.6 Å². The molecule has 2 aromatic carbocycles. The smallest absolute Gasteiger partial charge is 0.253 e. The van der Waals surface area contributed by atoms with Gasteiger partial charge < -0.3 is 4.90 Å². The van der Waals surface area contributed by atoms with Crippen LogP contribution in [0.4, 0.5) is 0 Å². The van der Waals surface area contributed by atoms with Crippen LogP contribution in [0.5, 0.6) is 0 Å². The number of pyridine rings is 2. The summed E-state index contributed by atoms with van der Waals surface area (Å²) in [5.41, 5.74) is 11.4. The first-order valence-electron chi connectivity index (χ1n) is 13.6. The third-order valence-corrected chi connectivity index (χ3v) is 8.08. The summed E-state index contributed by atoms with van der Waals surface area (Å²) >= 11 is 0. The Balaban J connectivity index is 1.14. The Morgan fingerprint density at radius 2 is 1.59 bits per heavy atom. The maximum absolute atomic E-state index is 13.5. The van der Waals surface area contributed by atoms with Crippen molar-refractivity contribution in [3.05, 3.63) is 125 Å². The molecule has 0 atom stereocenters. The molecule has 0 N–H and O–H groups in total. The van der Waals surface area contributed by atoms with Gasteiger partial charge in [-0.05, 0) is 85.7 Å². The Labute approximate surface area is 227 Å². The summed E-state index contributed by atoms with van der Waals surface area (Å²) in [4.78, 5) is 29.1. The topological polar surface area (TPSA) is 63.9 Å². The molecule has 6 nitrogen and oxygen atoms in total. The maximum Gasteiger partial charge on any atom is 0.253 e. The van der Waals surface area contributed by atoms with E-state index < -0.39 is 0 Å². The van der Waals surface area contributed by atoms with Gasteiger partial charge in [-0.25, -0.2) is 4.98 Å². The van der Waals surface area contributed by atoms with Crippen molar-refractivity contribution >= 4 is 22.5 Å². The first-order valence-corrected chi connectivity index (χ1v) is 13.6. The van der Waals surface area contributed by atoms with Crippen molar-refractivity contribution in [3.8, 4) is 5.69 Å². The van der Waals surface area contributed by atoms with Gasteiger partial charge in [0.1, 0.15) is 11.3 Å². The molecule has 1 fully saturated rings. The van der Waals surface area contributed by atoms with Gasteiger partial charge in [0.15, 0.2) is 0 Å². The number of imidazole rings is 1. The van der Waals surface area contributed by atoms with Gasteiger partial charge in [0, 0.05) is 42.3 Å². The van der Waals surface area contributed by atoms with Crippen LogP contribution in [0, 0.1) is 6.92 Å². The fraction of sp³-hybridized carbons (Fsp3) is 0.212. The molecule has 3 aromatic heterocycles. The number of likely N-dealkylation sites (tertiary alicyclic amines) is 1. The van der Waals surface area contributed by atoms with E-state index in [1.165, 1.54) is 27.8 Å². The SMILES string of the molecule is Cc1nc2cnccc2n1-c1ccc(C(=O)N2CCC(=C3c4ccccc4CCc4cccnc43)CC2)cc1. The predicted molar refractivity (Wildman–Crippen MR) is 153 cm³/mol. The average Bonchev–Trinajstić information content (AvgIpc) is 3.23. The Morgan fingerprint density at radius 3 is 2.44 bits per heavy atom. The van der Waals surface area contributed by atoms with E-state index in [4.69, 9.17) is 4.98 Å². The summed E-state index contributed by atoms with van der Waals surface area (Å²) in [5.74, 6) is 0.978. The van der Waals surface area contributed by atoms with Crippen LogP contribution in [0.25, 0.3) is 22.3 Å². The number of fused-ring (bicyclic) bond motifs is 3. The predicted octanol–water partition coefficient (Wildman–Crippen LogP) is 5.96. The number of hydrogen-bond acceptors (Lipinski definition) is 4. The normalized spacial score (nSPS) is 15.2. The lowest BCUT2D eigenvalue weighted by molar-refractivity contribution is 0.0744. The molecule has 1 amide bonds. The van der Waals surface area contributed by atoms with Crippen LogP contribution in [0.2, 0.25) is 0 Å². The van der Waals surface area contributed by atoms with Gasteiger partial charge in [0.25, 0.3) is 5.91 Å². The Morgan fingerprint density at radius 1 is 0.821 bits per heavy atom. The van der Waals surface area contributed by atoms with Crippen molar-refractivity contribution in [3.63, 3.8) is 0 Å². The number of rotatable bonds is 2. The summed E-state index contributed by atoms with van der Waals surface area (Å²) in [7, 11) is 0. The van der Waals surface area contributed by atoms with Crippen LogP contribution in [0.15, 0.2) is 90.9 Å². The number of nitrogens with zero attached hydrogens (tertiary/aromatic N) is 5. The van der Waals surface area contributed by atoms with E-state index in [0.717, 1.165) is 53.9 Å². The number of carbonyl (C=O) groups is 1. The molecule has 0 bridgehead atoms. The fourth-order valence-corrected chi connectivity index (χ4v) is 6.15. The Bertz CT molecular complexity index is 1690. The van der Waals surface area contributed by atoms with Crippen LogP contribution in [0.1, 0.15) is 51.4 Å². The molecule has 0 saturated carbocycles. The van der Waals surface area contributed by atoms with Crippen molar-refractivity contribution in [1.82, 2.24) is 24.4 Å². The standard InChI is InChI=1S/C33H29N5O/c1-22-36-29-21-34-18-14-30(29)38(22)27-12-10-26(11-13-27)33(39)37-19-15-24(16-20-37)31-28-7-3-2-5-23(28)8-9-25-6-4-17-35-32(25)31/h2-7,10-14,17-18,21H,8-9,15-16,19-20H2,1H3. The first kappa shape index (κ1) is 23.5. The minimum atomic E-state index is 0.0850. The zero-order chi connectivity index (χ0) is 26.3. The Hall–Kier alpha value is -4.58. The van der Waals surface area contributed by atoms with E-state index in [1.54, 1.807) is 12.4 Å². The monoisotopic (exact) mass is 511 g/mol. The maximum atomic E-state index is 13.5. The number of benzene rings is 2. The molecule has 7 rings (SSSR count). The van der Waals surface area contributed by atoms with E-state index in [-0.39, 0.29) is 5.91 Å². The Kier molecular flexibility index (Phi) is 5.81. The van der Waals surface area contributed by atoms with Gasteiger partial charge in [-0.2, -0.15) is 0 Å². The second-order valence-corrected chi connectivity index (χ2v) is 10.3. The molecule has 1 saturated heterocycles. The van der Waals surface area contributed by atoms with Crippen molar-refractivity contribution in [2.24, 2.45) is 0 Å². The van der Waals surface area contributed by atoms with Gasteiger partial charge in [-0.1, -0.05) is 35.9 Å². The largest absolute Gasteiger partial charge is 0.338 e. The zero-order valence-electron chi connectivity index (χ0n) is 22.0.